The molecule has 0 radical (unpaired) electrons. The first-order valence-corrected chi connectivity index (χ1v) is 5.73. The maximum atomic E-state index is 12.2. The average Bonchev–Trinajstić information content (AvgIpc) is 2.29. The zero-order valence-electron chi connectivity index (χ0n) is 9.67. The Morgan fingerprint density at radius 1 is 1.47 bits per heavy atom. The summed E-state index contributed by atoms with van der Waals surface area (Å²) in [5.41, 5.74) is 5.52. The van der Waals surface area contributed by atoms with E-state index in [4.69, 9.17) is 5.73 Å². The lowest BCUT2D eigenvalue weighted by molar-refractivity contribution is -0.141. The van der Waals surface area contributed by atoms with Crippen LogP contribution in [-0.4, -0.2) is 30.9 Å². The highest BCUT2D eigenvalue weighted by Gasteiger charge is 2.39. The van der Waals surface area contributed by atoms with Gasteiger partial charge in [0.05, 0.1) is 5.41 Å². The number of carbonyl (C=O) groups excluding carboxylic acids is 1. The summed E-state index contributed by atoms with van der Waals surface area (Å²) < 4.78 is 0. The molecule has 1 saturated carbocycles. The standard InChI is InChI=1S/C12H22N2O/c1-3-9-14(2)11(15)12(10-13)7-5-4-6-8-12/h3H,1,4-10,13H2,2H3. The zero-order chi connectivity index (χ0) is 11.3. The first kappa shape index (κ1) is 12.2. The molecule has 0 aromatic rings. The van der Waals surface area contributed by atoms with Crippen LogP contribution in [0.15, 0.2) is 12.7 Å². The van der Waals surface area contributed by atoms with E-state index in [0.29, 0.717) is 13.1 Å². The zero-order valence-corrected chi connectivity index (χ0v) is 9.67. The molecule has 2 N–H and O–H groups in total. The molecule has 1 aliphatic rings. The number of nitrogens with two attached hydrogens (primary N) is 1. The minimum Gasteiger partial charge on any atom is -0.342 e. The van der Waals surface area contributed by atoms with Crippen molar-refractivity contribution < 1.29 is 4.79 Å². The van der Waals surface area contributed by atoms with Crippen LogP contribution < -0.4 is 5.73 Å². The van der Waals surface area contributed by atoms with E-state index in [1.807, 2.05) is 7.05 Å². The number of hydrogen-bond donors (Lipinski definition) is 1. The van der Waals surface area contributed by atoms with Crippen LogP contribution in [0.1, 0.15) is 32.1 Å². The topological polar surface area (TPSA) is 46.3 Å². The number of likely N-dealkylation sites (N-methyl/N-ethyl adjacent to an activating group) is 1. The summed E-state index contributed by atoms with van der Waals surface area (Å²) >= 11 is 0. The summed E-state index contributed by atoms with van der Waals surface area (Å²) in [7, 11) is 1.83. The molecule has 86 valence electrons. The van der Waals surface area contributed by atoms with Crippen LogP contribution in [0, 0.1) is 5.41 Å². The van der Waals surface area contributed by atoms with Gasteiger partial charge < -0.3 is 10.6 Å². The normalized spacial score (nSPS) is 19.6. The van der Waals surface area contributed by atoms with E-state index in [2.05, 4.69) is 6.58 Å². The van der Waals surface area contributed by atoms with Gasteiger partial charge >= 0.3 is 0 Å². The molecule has 1 amide bonds. The van der Waals surface area contributed by atoms with Crippen molar-refractivity contribution >= 4 is 5.91 Å². The van der Waals surface area contributed by atoms with Gasteiger partial charge in [-0.3, -0.25) is 4.79 Å². The molecular formula is C12H22N2O. The third-order valence-electron chi connectivity index (χ3n) is 3.40. The summed E-state index contributed by atoms with van der Waals surface area (Å²) in [5.74, 6) is 0.199. The molecule has 0 aliphatic heterocycles. The molecule has 0 atom stereocenters. The highest BCUT2D eigenvalue weighted by molar-refractivity contribution is 5.83. The Balaban J connectivity index is 2.71. The Morgan fingerprint density at radius 3 is 2.53 bits per heavy atom. The minimum atomic E-state index is -0.282. The molecule has 0 unspecified atom stereocenters. The van der Waals surface area contributed by atoms with Gasteiger partial charge in [0.25, 0.3) is 0 Å². The van der Waals surface area contributed by atoms with Gasteiger partial charge in [-0.25, -0.2) is 0 Å². The van der Waals surface area contributed by atoms with Crippen molar-refractivity contribution in [2.45, 2.75) is 32.1 Å². The molecule has 3 heteroatoms. The maximum Gasteiger partial charge on any atom is 0.230 e. The van der Waals surface area contributed by atoms with E-state index in [1.54, 1.807) is 11.0 Å². The molecule has 0 spiro atoms. The van der Waals surface area contributed by atoms with Crippen molar-refractivity contribution in [1.29, 1.82) is 0 Å². The fraction of sp³-hybridized carbons (Fsp3) is 0.750. The second-order valence-electron chi connectivity index (χ2n) is 4.52. The van der Waals surface area contributed by atoms with Crippen LogP contribution in [0.2, 0.25) is 0 Å². The van der Waals surface area contributed by atoms with Crippen molar-refractivity contribution in [1.82, 2.24) is 4.90 Å². The van der Waals surface area contributed by atoms with Crippen molar-refractivity contribution in [2.24, 2.45) is 11.1 Å². The van der Waals surface area contributed by atoms with E-state index in [-0.39, 0.29) is 11.3 Å². The van der Waals surface area contributed by atoms with Crippen LogP contribution >= 0.6 is 0 Å². The Kier molecular flexibility index (Phi) is 4.33. The second-order valence-corrected chi connectivity index (χ2v) is 4.52. The number of carbonyl (C=O) groups is 1. The summed E-state index contributed by atoms with van der Waals surface area (Å²) in [4.78, 5) is 14.0. The highest BCUT2D eigenvalue weighted by Crippen LogP contribution is 2.36. The third-order valence-corrected chi connectivity index (χ3v) is 3.40. The van der Waals surface area contributed by atoms with Gasteiger partial charge in [0.15, 0.2) is 0 Å². The molecule has 0 bridgehead atoms. The number of amides is 1. The SMILES string of the molecule is C=CCN(C)C(=O)C1(CN)CCCCC1. The average molecular weight is 210 g/mol. The fourth-order valence-corrected chi connectivity index (χ4v) is 2.42. The number of nitrogens with zero attached hydrogens (tertiary/aromatic N) is 1. The molecule has 3 nitrogen and oxygen atoms in total. The van der Waals surface area contributed by atoms with E-state index < -0.39 is 0 Å². The summed E-state index contributed by atoms with van der Waals surface area (Å²) in [6.07, 6.45) is 7.15. The Hall–Kier alpha value is -0.830. The lowest BCUT2D eigenvalue weighted by atomic mass is 9.73. The second kappa shape index (κ2) is 5.31. The van der Waals surface area contributed by atoms with Gasteiger partial charge in [-0.2, -0.15) is 0 Å². The van der Waals surface area contributed by atoms with Crippen molar-refractivity contribution in [3.8, 4) is 0 Å². The molecule has 1 fully saturated rings. The first-order valence-electron chi connectivity index (χ1n) is 5.73. The fourth-order valence-electron chi connectivity index (χ4n) is 2.42. The summed E-state index contributed by atoms with van der Waals surface area (Å²) in [6, 6.07) is 0. The molecule has 0 aromatic carbocycles. The monoisotopic (exact) mass is 210 g/mol. The number of rotatable bonds is 4. The Bertz CT molecular complexity index is 232. The van der Waals surface area contributed by atoms with Crippen molar-refractivity contribution in [3.63, 3.8) is 0 Å². The minimum absolute atomic E-state index is 0.199. The van der Waals surface area contributed by atoms with E-state index >= 15 is 0 Å². The third kappa shape index (κ3) is 2.59. The van der Waals surface area contributed by atoms with Crippen molar-refractivity contribution in [2.75, 3.05) is 20.1 Å². The Morgan fingerprint density at radius 2 is 2.07 bits per heavy atom. The molecule has 0 aromatic heterocycles. The van der Waals surface area contributed by atoms with Crippen LogP contribution in [0.5, 0.6) is 0 Å². The summed E-state index contributed by atoms with van der Waals surface area (Å²) in [5, 5.41) is 0. The van der Waals surface area contributed by atoms with Crippen LogP contribution in [0.3, 0.4) is 0 Å². The highest BCUT2D eigenvalue weighted by atomic mass is 16.2. The Labute approximate surface area is 92.3 Å². The van der Waals surface area contributed by atoms with E-state index in [9.17, 15) is 4.79 Å². The molecule has 0 heterocycles. The maximum absolute atomic E-state index is 12.2. The lowest BCUT2D eigenvalue weighted by Crippen LogP contribution is -2.47. The van der Waals surface area contributed by atoms with Gasteiger partial charge in [0.1, 0.15) is 0 Å². The molecule has 15 heavy (non-hydrogen) atoms. The van der Waals surface area contributed by atoms with Gasteiger partial charge in [-0.05, 0) is 12.8 Å². The molecule has 1 aliphatic carbocycles. The van der Waals surface area contributed by atoms with Gasteiger partial charge in [-0.15, -0.1) is 6.58 Å². The van der Waals surface area contributed by atoms with Crippen LogP contribution in [0.4, 0.5) is 0 Å². The molecule has 0 saturated heterocycles. The van der Waals surface area contributed by atoms with Crippen LogP contribution in [-0.2, 0) is 4.79 Å². The van der Waals surface area contributed by atoms with Crippen LogP contribution in [0.25, 0.3) is 0 Å². The predicted molar refractivity (Wildman–Crippen MR) is 62.4 cm³/mol. The van der Waals surface area contributed by atoms with Gasteiger partial charge in [0, 0.05) is 20.1 Å². The quantitative estimate of drug-likeness (QED) is 0.715. The predicted octanol–water partition coefficient (Wildman–Crippen LogP) is 1.54. The lowest BCUT2D eigenvalue weighted by Gasteiger charge is -2.37. The molecular weight excluding hydrogens is 188 g/mol. The van der Waals surface area contributed by atoms with Crippen molar-refractivity contribution in [3.05, 3.63) is 12.7 Å². The van der Waals surface area contributed by atoms with E-state index in [1.165, 1.54) is 6.42 Å². The van der Waals surface area contributed by atoms with E-state index in [0.717, 1.165) is 25.7 Å². The number of hydrogen-bond acceptors (Lipinski definition) is 2. The smallest absolute Gasteiger partial charge is 0.230 e. The van der Waals surface area contributed by atoms with Gasteiger partial charge in [-0.1, -0.05) is 25.3 Å². The molecule has 1 rings (SSSR count). The largest absolute Gasteiger partial charge is 0.342 e. The summed E-state index contributed by atoms with van der Waals surface area (Å²) in [6.45, 7) is 4.74. The first-order chi connectivity index (χ1) is 7.16. The van der Waals surface area contributed by atoms with Gasteiger partial charge in [0.2, 0.25) is 5.91 Å².